The van der Waals surface area contributed by atoms with Crippen LogP contribution < -0.4 is 5.32 Å². The van der Waals surface area contributed by atoms with Gasteiger partial charge >= 0.3 is 0 Å². The minimum Gasteiger partial charge on any atom is -0.309 e. The Morgan fingerprint density at radius 1 is 1.41 bits per heavy atom. The normalized spacial score (nSPS) is 13.1. The minimum atomic E-state index is -0.243. The van der Waals surface area contributed by atoms with Crippen molar-refractivity contribution in [3.63, 3.8) is 0 Å². The molecule has 0 aromatic heterocycles. The Labute approximate surface area is 108 Å². The first-order valence-corrected chi connectivity index (χ1v) is 6.25. The van der Waals surface area contributed by atoms with Crippen molar-refractivity contribution in [1.29, 1.82) is 0 Å². The lowest BCUT2D eigenvalue weighted by molar-refractivity contribution is 0.336. The quantitative estimate of drug-likeness (QED) is 0.844. The van der Waals surface area contributed by atoms with E-state index in [9.17, 15) is 4.39 Å². The fourth-order valence-electron chi connectivity index (χ4n) is 1.74. The highest BCUT2D eigenvalue weighted by molar-refractivity contribution is 6.30. The predicted octanol–water partition coefficient (Wildman–Crippen LogP) is 3.08. The van der Waals surface area contributed by atoms with Crippen LogP contribution in [0.2, 0.25) is 5.02 Å². The molecule has 0 aliphatic carbocycles. The van der Waals surface area contributed by atoms with Crippen molar-refractivity contribution in [2.45, 2.75) is 19.4 Å². The summed E-state index contributed by atoms with van der Waals surface area (Å²) in [6, 6.07) is 4.86. The van der Waals surface area contributed by atoms with Gasteiger partial charge in [-0.3, -0.25) is 0 Å². The molecule has 0 saturated heterocycles. The number of nitrogens with one attached hydrogen (secondary N) is 1. The Hall–Kier alpha value is -0.640. The molecule has 0 bridgehead atoms. The van der Waals surface area contributed by atoms with Crippen LogP contribution in [0.3, 0.4) is 0 Å². The second-order valence-corrected chi connectivity index (χ2v) is 4.87. The Morgan fingerprint density at radius 3 is 2.65 bits per heavy atom. The summed E-state index contributed by atoms with van der Waals surface area (Å²) in [6.45, 7) is 3.73. The van der Waals surface area contributed by atoms with Gasteiger partial charge in [0, 0.05) is 23.2 Å². The molecule has 1 unspecified atom stereocenters. The maximum Gasteiger partial charge on any atom is 0.129 e. The van der Waals surface area contributed by atoms with Crippen LogP contribution in [0.4, 0.5) is 4.39 Å². The van der Waals surface area contributed by atoms with E-state index in [0.717, 1.165) is 19.5 Å². The molecule has 1 aromatic rings. The van der Waals surface area contributed by atoms with Crippen molar-refractivity contribution in [2.24, 2.45) is 0 Å². The van der Waals surface area contributed by atoms with Gasteiger partial charge < -0.3 is 10.2 Å². The van der Waals surface area contributed by atoms with Gasteiger partial charge in [-0.25, -0.2) is 4.39 Å². The standard InChI is InChI=1S/C13H20ClFN2/c1-4-7-16-13(9-17(2)3)11-6-5-10(14)8-12(11)15/h5-6,8,13,16H,4,7,9H2,1-3H3. The van der Waals surface area contributed by atoms with Gasteiger partial charge in [0.25, 0.3) is 0 Å². The number of hydrogen-bond donors (Lipinski definition) is 1. The summed E-state index contributed by atoms with van der Waals surface area (Å²) in [5, 5.41) is 3.79. The van der Waals surface area contributed by atoms with Crippen molar-refractivity contribution >= 4 is 11.6 Å². The Bertz CT molecular complexity index is 355. The first kappa shape index (κ1) is 14.4. The van der Waals surface area contributed by atoms with E-state index in [-0.39, 0.29) is 11.9 Å². The zero-order chi connectivity index (χ0) is 12.8. The lowest BCUT2D eigenvalue weighted by atomic mass is 10.1. The van der Waals surface area contributed by atoms with E-state index >= 15 is 0 Å². The van der Waals surface area contributed by atoms with Crippen molar-refractivity contribution in [1.82, 2.24) is 10.2 Å². The van der Waals surface area contributed by atoms with Crippen LogP contribution in [0.15, 0.2) is 18.2 Å². The lowest BCUT2D eigenvalue weighted by Crippen LogP contribution is -2.32. The highest BCUT2D eigenvalue weighted by Crippen LogP contribution is 2.21. The summed E-state index contributed by atoms with van der Waals surface area (Å²) in [6.07, 6.45) is 1.03. The fourth-order valence-corrected chi connectivity index (χ4v) is 1.90. The maximum absolute atomic E-state index is 13.8. The highest BCUT2D eigenvalue weighted by atomic mass is 35.5. The number of rotatable bonds is 6. The largest absolute Gasteiger partial charge is 0.309 e. The van der Waals surface area contributed by atoms with Gasteiger partial charge in [-0.1, -0.05) is 24.6 Å². The summed E-state index contributed by atoms with van der Waals surface area (Å²) in [5.74, 6) is -0.243. The molecule has 0 saturated carbocycles. The van der Waals surface area contributed by atoms with E-state index in [1.165, 1.54) is 6.07 Å². The van der Waals surface area contributed by atoms with Crippen molar-refractivity contribution in [2.75, 3.05) is 27.2 Å². The molecule has 96 valence electrons. The molecule has 4 heteroatoms. The second kappa shape index (κ2) is 6.94. The van der Waals surface area contributed by atoms with Crippen molar-refractivity contribution in [3.8, 4) is 0 Å². The molecule has 1 rings (SSSR count). The van der Waals surface area contributed by atoms with E-state index < -0.39 is 0 Å². The number of likely N-dealkylation sites (N-methyl/N-ethyl adjacent to an activating group) is 1. The van der Waals surface area contributed by atoms with Gasteiger partial charge in [0.15, 0.2) is 0 Å². The molecule has 0 radical (unpaired) electrons. The fraction of sp³-hybridized carbons (Fsp3) is 0.538. The van der Waals surface area contributed by atoms with Gasteiger partial charge in [0.2, 0.25) is 0 Å². The third-order valence-corrected chi connectivity index (χ3v) is 2.76. The Kier molecular flexibility index (Phi) is 5.89. The lowest BCUT2D eigenvalue weighted by Gasteiger charge is -2.23. The molecule has 17 heavy (non-hydrogen) atoms. The number of benzene rings is 1. The van der Waals surface area contributed by atoms with Crippen LogP contribution in [0.25, 0.3) is 0 Å². The third-order valence-electron chi connectivity index (χ3n) is 2.53. The van der Waals surface area contributed by atoms with Crippen LogP contribution in [0.1, 0.15) is 24.9 Å². The smallest absolute Gasteiger partial charge is 0.129 e. The SMILES string of the molecule is CCCNC(CN(C)C)c1ccc(Cl)cc1F. The summed E-state index contributed by atoms with van der Waals surface area (Å²) in [4.78, 5) is 2.04. The molecule has 0 spiro atoms. The van der Waals surface area contributed by atoms with E-state index in [1.807, 2.05) is 19.0 Å². The highest BCUT2D eigenvalue weighted by Gasteiger charge is 2.15. The van der Waals surface area contributed by atoms with Crippen LogP contribution >= 0.6 is 11.6 Å². The third kappa shape index (κ3) is 4.62. The molecule has 1 aromatic carbocycles. The summed E-state index contributed by atoms with van der Waals surface area (Å²) < 4.78 is 13.8. The van der Waals surface area contributed by atoms with Gasteiger partial charge in [-0.2, -0.15) is 0 Å². The zero-order valence-electron chi connectivity index (χ0n) is 10.6. The molecular weight excluding hydrogens is 239 g/mol. The van der Waals surface area contributed by atoms with E-state index in [1.54, 1.807) is 12.1 Å². The minimum absolute atomic E-state index is 0.00205. The van der Waals surface area contributed by atoms with Crippen molar-refractivity contribution in [3.05, 3.63) is 34.6 Å². The van der Waals surface area contributed by atoms with Crippen LogP contribution in [0, 0.1) is 5.82 Å². The monoisotopic (exact) mass is 258 g/mol. The van der Waals surface area contributed by atoms with Gasteiger partial charge in [0.05, 0.1) is 0 Å². The second-order valence-electron chi connectivity index (χ2n) is 4.43. The molecular formula is C13H20ClFN2. The number of hydrogen-bond acceptors (Lipinski definition) is 2. The zero-order valence-corrected chi connectivity index (χ0v) is 11.4. The molecule has 0 aliphatic heterocycles. The molecule has 2 nitrogen and oxygen atoms in total. The first-order valence-electron chi connectivity index (χ1n) is 5.87. The summed E-state index contributed by atoms with van der Waals surface area (Å²) >= 11 is 5.76. The van der Waals surface area contributed by atoms with E-state index in [2.05, 4.69) is 12.2 Å². The molecule has 0 amide bonds. The van der Waals surface area contributed by atoms with Crippen LogP contribution in [0.5, 0.6) is 0 Å². The number of nitrogens with zero attached hydrogens (tertiary/aromatic N) is 1. The molecule has 0 aliphatic rings. The van der Waals surface area contributed by atoms with Crippen LogP contribution in [-0.4, -0.2) is 32.1 Å². The van der Waals surface area contributed by atoms with Crippen molar-refractivity contribution < 1.29 is 4.39 Å². The average Bonchev–Trinajstić information content (AvgIpc) is 2.24. The molecule has 1 atom stereocenters. The first-order chi connectivity index (χ1) is 8.04. The Balaban J connectivity index is 2.86. The maximum atomic E-state index is 13.8. The number of halogens is 2. The Morgan fingerprint density at radius 2 is 2.12 bits per heavy atom. The van der Waals surface area contributed by atoms with Gasteiger partial charge in [-0.15, -0.1) is 0 Å². The predicted molar refractivity (Wildman–Crippen MR) is 71.0 cm³/mol. The molecule has 0 fully saturated rings. The van der Waals surface area contributed by atoms with Gasteiger partial charge in [0.1, 0.15) is 5.82 Å². The van der Waals surface area contributed by atoms with E-state index in [0.29, 0.717) is 10.6 Å². The van der Waals surface area contributed by atoms with E-state index in [4.69, 9.17) is 11.6 Å². The molecule has 0 heterocycles. The molecule has 1 N–H and O–H groups in total. The topological polar surface area (TPSA) is 15.3 Å². The summed E-state index contributed by atoms with van der Waals surface area (Å²) in [5.41, 5.74) is 0.677. The summed E-state index contributed by atoms with van der Waals surface area (Å²) in [7, 11) is 3.96. The van der Waals surface area contributed by atoms with Gasteiger partial charge in [-0.05, 0) is 39.2 Å². The average molecular weight is 259 g/mol. The van der Waals surface area contributed by atoms with Crippen LogP contribution in [-0.2, 0) is 0 Å².